The Labute approximate surface area is 121 Å². The van der Waals surface area contributed by atoms with Crippen molar-refractivity contribution in [3.8, 4) is 0 Å². The molecule has 1 heterocycles. The Morgan fingerprint density at radius 1 is 1.29 bits per heavy atom. The van der Waals surface area contributed by atoms with Gasteiger partial charge in [0.25, 0.3) is 5.91 Å². The summed E-state index contributed by atoms with van der Waals surface area (Å²) in [6.45, 7) is -0.0724. The number of nitrogens with one attached hydrogen (secondary N) is 1. The summed E-state index contributed by atoms with van der Waals surface area (Å²) in [4.78, 5) is 36.7. The van der Waals surface area contributed by atoms with Crippen molar-refractivity contribution in [2.24, 2.45) is 0 Å². The molecule has 0 aliphatic carbocycles. The highest BCUT2D eigenvalue weighted by Gasteiger charge is 2.40. The van der Waals surface area contributed by atoms with Gasteiger partial charge in [-0.25, -0.2) is 9.59 Å². The molecule has 2 rings (SSSR count). The molecule has 1 aromatic carbocycles. The number of hydrogen-bond acceptors (Lipinski definition) is 5. The van der Waals surface area contributed by atoms with E-state index in [2.05, 4.69) is 10.1 Å². The summed E-state index contributed by atoms with van der Waals surface area (Å²) in [5.74, 6) is -1.11. The van der Waals surface area contributed by atoms with E-state index in [0.29, 0.717) is 5.56 Å². The first-order valence-corrected chi connectivity index (χ1v) is 6.36. The molecule has 3 amide bonds. The number of rotatable bonds is 4. The average Bonchev–Trinajstić information content (AvgIpc) is 2.90. The van der Waals surface area contributed by atoms with Crippen molar-refractivity contribution in [3.05, 3.63) is 35.9 Å². The van der Waals surface area contributed by atoms with Crippen molar-refractivity contribution in [2.45, 2.75) is 12.1 Å². The molecule has 0 bridgehead atoms. The summed E-state index contributed by atoms with van der Waals surface area (Å²) >= 11 is 0. The van der Waals surface area contributed by atoms with E-state index >= 15 is 0 Å². The highest BCUT2D eigenvalue weighted by Crippen LogP contribution is 2.21. The van der Waals surface area contributed by atoms with Gasteiger partial charge in [-0.2, -0.15) is 0 Å². The van der Waals surface area contributed by atoms with Crippen molar-refractivity contribution in [3.63, 3.8) is 0 Å². The lowest BCUT2D eigenvalue weighted by Gasteiger charge is -2.20. The fourth-order valence-electron chi connectivity index (χ4n) is 2.15. The van der Waals surface area contributed by atoms with Crippen LogP contribution in [0.4, 0.5) is 4.79 Å². The van der Waals surface area contributed by atoms with Crippen LogP contribution in [-0.2, 0) is 19.1 Å². The summed E-state index contributed by atoms with van der Waals surface area (Å²) in [5.41, 5.74) is 0.638. The Kier molecular flexibility index (Phi) is 4.54. The summed E-state index contributed by atoms with van der Waals surface area (Å²) < 4.78 is 9.75. The van der Waals surface area contributed by atoms with Crippen LogP contribution in [-0.4, -0.2) is 49.6 Å². The number of carbonyl (C=O) groups excluding carboxylic acids is 3. The van der Waals surface area contributed by atoms with Crippen LogP contribution in [0, 0.1) is 0 Å². The van der Waals surface area contributed by atoms with Gasteiger partial charge < -0.3 is 14.8 Å². The Bertz CT molecular complexity index is 546. The van der Waals surface area contributed by atoms with E-state index in [1.54, 1.807) is 24.3 Å². The van der Waals surface area contributed by atoms with E-state index in [4.69, 9.17) is 4.74 Å². The molecule has 1 N–H and O–H groups in total. The summed E-state index contributed by atoms with van der Waals surface area (Å²) in [6.07, 6.45) is -0.895. The monoisotopic (exact) mass is 292 g/mol. The zero-order chi connectivity index (χ0) is 15.4. The second-order valence-corrected chi connectivity index (χ2v) is 4.50. The number of ether oxygens (including phenoxy) is 2. The number of imide groups is 1. The molecule has 7 nitrogen and oxygen atoms in total. The van der Waals surface area contributed by atoms with Crippen molar-refractivity contribution in [1.29, 1.82) is 0 Å². The van der Waals surface area contributed by atoms with Crippen LogP contribution in [0.2, 0.25) is 0 Å². The molecule has 2 atom stereocenters. The summed E-state index contributed by atoms with van der Waals surface area (Å²) in [7, 11) is 2.61. The zero-order valence-corrected chi connectivity index (χ0v) is 11.7. The highest BCUT2D eigenvalue weighted by atomic mass is 16.5. The van der Waals surface area contributed by atoms with Gasteiger partial charge in [0.1, 0.15) is 6.04 Å². The Hall–Kier alpha value is -2.41. The average molecular weight is 292 g/mol. The number of nitrogens with zero attached hydrogens (tertiary/aromatic N) is 1. The molecule has 1 aliphatic heterocycles. The van der Waals surface area contributed by atoms with Crippen molar-refractivity contribution in [2.75, 3.05) is 20.8 Å². The van der Waals surface area contributed by atoms with Gasteiger partial charge in [0.2, 0.25) is 0 Å². The van der Waals surface area contributed by atoms with Gasteiger partial charge in [0.05, 0.1) is 13.7 Å². The summed E-state index contributed by atoms with van der Waals surface area (Å²) in [6, 6.07) is 7.35. The number of esters is 1. The maximum atomic E-state index is 12.4. The first kappa shape index (κ1) is 15.0. The van der Waals surface area contributed by atoms with Gasteiger partial charge in [0.15, 0.2) is 6.10 Å². The molecule has 0 saturated carbocycles. The van der Waals surface area contributed by atoms with Gasteiger partial charge in [-0.1, -0.05) is 30.3 Å². The number of methoxy groups -OCH3 is 2. The second kappa shape index (κ2) is 6.36. The van der Waals surface area contributed by atoms with E-state index in [-0.39, 0.29) is 6.54 Å². The van der Waals surface area contributed by atoms with Gasteiger partial charge >= 0.3 is 12.0 Å². The van der Waals surface area contributed by atoms with Crippen molar-refractivity contribution in [1.82, 2.24) is 10.2 Å². The van der Waals surface area contributed by atoms with E-state index in [1.807, 2.05) is 6.07 Å². The number of amides is 3. The molecule has 7 heteroatoms. The van der Waals surface area contributed by atoms with Crippen LogP contribution in [0.25, 0.3) is 0 Å². The molecule has 21 heavy (non-hydrogen) atoms. The Morgan fingerprint density at radius 2 is 1.95 bits per heavy atom. The van der Waals surface area contributed by atoms with Crippen LogP contribution in [0.5, 0.6) is 0 Å². The quantitative estimate of drug-likeness (QED) is 0.815. The maximum absolute atomic E-state index is 12.4. The van der Waals surface area contributed by atoms with Crippen LogP contribution < -0.4 is 5.32 Å². The van der Waals surface area contributed by atoms with Crippen molar-refractivity contribution < 1.29 is 23.9 Å². The largest absolute Gasteiger partial charge is 0.467 e. The minimum absolute atomic E-state index is 0.0724. The molecular formula is C14H16N2O5. The number of carbonyl (C=O) groups is 3. The minimum atomic E-state index is -0.895. The fraction of sp³-hybridized carbons (Fsp3) is 0.357. The third-order valence-electron chi connectivity index (χ3n) is 3.22. The van der Waals surface area contributed by atoms with E-state index in [9.17, 15) is 14.4 Å². The molecule has 1 aromatic rings. The fourth-order valence-corrected chi connectivity index (χ4v) is 2.15. The first-order chi connectivity index (χ1) is 10.1. The standard InChI is InChI=1S/C14H16N2O5/c1-20-11(9-6-4-3-5-7-9)12(17)16-8-10(13(18)21-2)15-14(16)19/h3-7,10-11H,8H2,1-2H3,(H,15,19)/t10-,11+/m0/s1. The zero-order valence-electron chi connectivity index (χ0n) is 11.7. The van der Waals surface area contributed by atoms with Crippen molar-refractivity contribution >= 4 is 17.9 Å². The smallest absolute Gasteiger partial charge is 0.330 e. The number of hydrogen-bond donors (Lipinski definition) is 1. The van der Waals surface area contributed by atoms with Crippen LogP contribution >= 0.6 is 0 Å². The predicted octanol–water partition coefficient (Wildman–Crippen LogP) is 0.467. The van der Waals surface area contributed by atoms with Crippen LogP contribution in [0.1, 0.15) is 11.7 Å². The topological polar surface area (TPSA) is 84.9 Å². The van der Waals surface area contributed by atoms with Crippen LogP contribution in [0.3, 0.4) is 0 Å². The van der Waals surface area contributed by atoms with E-state index in [1.165, 1.54) is 14.2 Å². The lowest BCUT2D eigenvalue weighted by atomic mass is 10.1. The molecule has 0 unspecified atom stereocenters. The van der Waals surface area contributed by atoms with Gasteiger partial charge in [0, 0.05) is 7.11 Å². The van der Waals surface area contributed by atoms with Crippen LogP contribution in [0.15, 0.2) is 30.3 Å². The molecule has 0 radical (unpaired) electrons. The minimum Gasteiger partial charge on any atom is -0.467 e. The van der Waals surface area contributed by atoms with E-state index < -0.39 is 30.1 Å². The van der Waals surface area contributed by atoms with Gasteiger partial charge in [-0.05, 0) is 5.56 Å². The first-order valence-electron chi connectivity index (χ1n) is 6.36. The number of benzene rings is 1. The molecule has 1 fully saturated rings. The molecule has 112 valence electrons. The molecule has 1 aliphatic rings. The normalized spacial score (nSPS) is 19.0. The molecule has 0 aromatic heterocycles. The number of urea groups is 1. The molecule has 0 spiro atoms. The lowest BCUT2D eigenvalue weighted by Crippen LogP contribution is -2.38. The molecular weight excluding hydrogens is 276 g/mol. The highest BCUT2D eigenvalue weighted by molar-refractivity contribution is 6.01. The third-order valence-corrected chi connectivity index (χ3v) is 3.22. The lowest BCUT2D eigenvalue weighted by molar-refractivity contribution is -0.143. The predicted molar refractivity (Wildman–Crippen MR) is 72.2 cm³/mol. The summed E-state index contributed by atoms with van der Waals surface area (Å²) in [5, 5.41) is 2.40. The third kappa shape index (κ3) is 3.03. The maximum Gasteiger partial charge on any atom is 0.330 e. The SMILES string of the molecule is COC(=O)[C@@H]1CN(C(=O)[C@H](OC)c2ccccc2)C(=O)N1. The Morgan fingerprint density at radius 3 is 2.52 bits per heavy atom. The van der Waals surface area contributed by atoms with Gasteiger partial charge in [-0.15, -0.1) is 0 Å². The second-order valence-electron chi connectivity index (χ2n) is 4.50. The molecule has 1 saturated heterocycles. The Balaban J connectivity index is 2.15. The van der Waals surface area contributed by atoms with E-state index in [0.717, 1.165) is 4.90 Å². The van der Waals surface area contributed by atoms with Gasteiger partial charge in [-0.3, -0.25) is 9.69 Å².